The fraction of sp³-hybridized carbons (Fsp3) is 0.636. The molecule has 2 rings (SSSR count). The van der Waals surface area contributed by atoms with Crippen molar-refractivity contribution in [1.29, 1.82) is 0 Å². The van der Waals surface area contributed by atoms with Gasteiger partial charge in [0.15, 0.2) is 5.11 Å². The molecule has 1 aliphatic carbocycles. The van der Waals surface area contributed by atoms with Gasteiger partial charge in [-0.1, -0.05) is 0 Å². The molecule has 1 aromatic heterocycles. The molecule has 1 aromatic rings. The highest BCUT2D eigenvalue weighted by Crippen LogP contribution is 2.18. The van der Waals surface area contributed by atoms with Gasteiger partial charge < -0.3 is 10.6 Å². The van der Waals surface area contributed by atoms with Crippen LogP contribution in [0.1, 0.15) is 31.0 Å². The molecule has 0 spiro atoms. The van der Waals surface area contributed by atoms with Crippen molar-refractivity contribution < 1.29 is 0 Å². The third kappa shape index (κ3) is 2.72. The van der Waals surface area contributed by atoms with Gasteiger partial charge in [-0.25, -0.2) is 0 Å². The largest absolute Gasteiger partial charge is 0.360 e. The van der Waals surface area contributed by atoms with Crippen LogP contribution in [0.4, 0.5) is 0 Å². The Morgan fingerprint density at radius 1 is 1.62 bits per heavy atom. The maximum atomic E-state index is 5.20. The van der Waals surface area contributed by atoms with Crippen molar-refractivity contribution in [3.8, 4) is 0 Å². The van der Waals surface area contributed by atoms with Crippen LogP contribution in [0.3, 0.4) is 0 Å². The second-order valence-corrected chi connectivity index (χ2v) is 4.58. The van der Waals surface area contributed by atoms with Crippen LogP contribution < -0.4 is 10.6 Å². The van der Waals surface area contributed by atoms with Crippen LogP contribution in [0, 0.1) is 6.92 Å². The Kier molecular flexibility index (Phi) is 3.43. The second-order valence-electron chi connectivity index (χ2n) is 4.17. The SMILES string of the molecule is CCn1ncc(CNC(=S)NC2CC2)c1C. The van der Waals surface area contributed by atoms with Gasteiger partial charge in [0.25, 0.3) is 0 Å². The van der Waals surface area contributed by atoms with E-state index in [0.717, 1.165) is 18.2 Å². The van der Waals surface area contributed by atoms with Crippen LogP contribution in [-0.4, -0.2) is 20.9 Å². The van der Waals surface area contributed by atoms with Gasteiger partial charge in [-0.15, -0.1) is 0 Å². The van der Waals surface area contributed by atoms with Crippen LogP contribution in [0.15, 0.2) is 6.20 Å². The fourth-order valence-corrected chi connectivity index (χ4v) is 1.86. The van der Waals surface area contributed by atoms with E-state index in [-0.39, 0.29) is 0 Å². The highest BCUT2D eigenvalue weighted by atomic mass is 32.1. The van der Waals surface area contributed by atoms with Crippen molar-refractivity contribution >= 4 is 17.3 Å². The van der Waals surface area contributed by atoms with Gasteiger partial charge in [0.1, 0.15) is 0 Å². The first-order chi connectivity index (χ1) is 7.70. The summed E-state index contributed by atoms with van der Waals surface area (Å²) < 4.78 is 1.99. The van der Waals surface area contributed by atoms with Gasteiger partial charge >= 0.3 is 0 Å². The van der Waals surface area contributed by atoms with Gasteiger partial charge in [0.05, 0.1) is 6.20 Å². The quantitative estimate of drug-likeness (QED) is 0.777. The van der Waals surface area contributed by atoms with Gasteiger partial charge in [-0.05, 0) is 38.9 Å². The van der Waals surface area contributed by atoms with Crippen LogP contribution >= 0.6 is 12.2 Å². The highest BCUT2D eigenvalue weighted by Gasteiger charge is 2.21. The molecule has 1 saturated carbocycles. The lowest BCUT2D eigenvalue weighted by atomic mass is 10.2. The zero-order chi connectivity index (χ0) is 11.5. The second kappa shape index (κ2) is 4.82. The van der Waals surface area contributed by atoms with Crippen molar-refractivity contribution in [3.63, 3.8) is 0 Å². The Bertz CT molecular complexity index is 381. The number of aromatic nitrogens is 2. The van der Waals surface area contributed by atoms with Gasteiger partial charge in [0.2, 0.25) is 0 Å². The fourth-order valence-electron chi connectivity index (χ4n) is 1.62. The van der Waals surface area contributed by atoms with Gasteiger partial charge in [-0.2, -0.15) is 5.10 Å². The minimum atomic E-state index is 0.611. The zero-order valence-corrected chi connectivity index (χ0v) is 10.6. The molecule has 0 bridgehead atoms. The molecule has 16 heavy (non-hydrogen) atoms. The molecule has 5 heteroatoms. The number of aryl methyl sites for hydroxylation is 1. The predicted octanol–water partition coefficient (Wildman–Crippen LogP) is 1.34. The van der Waals surface area contributed by atoms with E-state index in [1.807, 2.05) is 10.9 Å². The Morgan fingerprint density at radius 2 is 2.38 bits per heavy atom. The van der Waals surface area contributed by atoms with E-state index in [4.69, 9.17) is 12.2 Å². The number of nitrogens with zero attached hydrogens (tertiary/aromatic N) is 2. The average molecular weight is 238 g/mol. The lowest BCUT2D eigenvalue weighted by Gasteiger charge is -2.09. The number of hydrogen-bond donors (Lipinski definition) is 2. The van der Waals surface area contributed by atoms with Crippen LogP contribution in [0.5, 0.6) is 0 Å². The predicted molar refractivity (Wildman–Crippen MR) is 68.2 cm³/mol. The maximum Gasteiger partial charge on any atom is 0.166 e. The molecule has 2 N–H and O–H groups in total. The number of nitrogens with one attached hydrogen (secondary N) is 2. The van der Waals surface area contributed by atoms with Crippen molar-refractivity contribution in [2.75, 3.05) is 0 Å². The Balaban J connectivity index is 1.83. The summed E-state index contributed by atoms with van der Waals surface area (Å²) in [6.07, 6.45) is 4.40. The van der Waals surface area contributed by atoms with E-state index in [9.17, 15) is 0 Å². The Labute approximate surface area is 101 Å². The third-order valence-corrected chi connectivity index (χ3v) is 3.12. The molecule has 1 heterocycles. The van der Waals surface area contributed by atoms with E-state index >= 15 is 0 Å². The smallest absolute Gasteiger partial charge is 0.166 e. The molecule has 88 valence electrons. The summed E-state index contributed by atoms with van der Waals surface area (Å²) in [7, 11) is 0. The first kappa shape index (κ1) is 11.4. The van der Waals surface area contributed by atoms with E-state index < -0.39 is 0 Å². The molecular formula is C11H18N4S. The van der Waals surface area contributed by atoms with E-state index in [1.165, 1.54) is 24.1 Å². The first-order valence-electron chi connectivity index (χ1n) is 5.76. The van der Waals surface area contributed by atoms with Crippen molar-refractivity contribution in [2.24, 2.45) is 0 Å². The van der Waals surface area contributed by atoms with Crippen LogP contribution in [0.2, 0.25) is 0 Å². The molecule has 0 aromatic carbocycles. The van der Waals surface area contributed by atoms with Crippen molar-refractivity contribution in [2.45, 2.75) is 45.8 Å². The molecule has 0 radical (unpaired) electrons. The third-order valence-electron chi connectivity index (χ3n) is 2.86. The lowest BCUT2D eigenvalue weighted by molar-refractivity contribution is 0.637. The van der Waals surface area contributed by atoms with Gasteiger partial charge in [0, 0.05) is 30.4 Å². The molecule has 1 aliphatic rings. The summed E-state index contributed by atoms with van der Waals surface area (Å²) in [5.41, 5.74) is 2.42. The Hall–Kier alpha value is -1.10. The molecule has 0 saturated heterocycles. The molecule has 1 fully saturated rings. The standard InChI is InChI=1S/C11H18N4S/c1-3-15-8(2)9(7-13-15)6-12-11(16)14-10-4-5-10/h7,10H,3-6H2,1-2H3,(H2,12,14,16). The highest BCUT2D eigenvalue weighted by molar-refractivity contribution is 7.80. The normalized spacial score (nSPS) is 14.9. The minimum absolute atomic E-state index is 0.611. The first-order valence-corrected chi connectivity index (χ1v) is 6.17. The summed E-state index contributed by atoms with van der Waals surface area (Å²) in [5, 5.41) is 11.5. The van der Waals surface area contributed by atoms with Crippen LogP contribution in [-0.2, 0) is 13.1 Å². The zero-order valence-electron chi connectivity index (χ0n) is 9.79. The molecule has 0 unspecified atom stereocenters. The Morgan fingerprint density at radius 3 is 2.94 bits per heavy atom. The topological polar surface area (TPSA) is 41.9 Å². The summed E-state index contributed by atoms with van der Waals surface area (Å²) in [6.45, 7) is 5.85. The minimum Gasteiger partial charge on any atom is -0.360 e. The summed E-state index contributed by atoms with van der Waals surface area (Å²) in [4.78, 5) is 0. The number of thiocarbonyl (C=S) groups is 1. The van der Waals surface area contributed by atoms with Crippen LogP contribution in [0.25, 0.3) is 0 Å². The average Bonchev–Trinajstić information content (AvgIpc) is 2.99. The summed E-state index contributed by atoms with van der Waals surface area (Å²) in [6, 6.07) is 0.611. The van der Waals surface area contributed by atoms with E-state index in [2.05, 4.69) is 29.6 Å². The maximum absolute atomic E-state index is 5.20. The summed E-state index contributed by atoms with van der Waals surface area (Å²) >= 11 is 5.20. The molecule has 4 nitrogen and oxygen atoms in total. The molecule has 0 aliphatic heterocycles. The van der Waals surface area contributed by atoms with E-state index in [0.29, 0.717) is 6.04 Å². The number of rotatable bonds is 4. The monoisotopic (exact) mass is 238 g/mol. The van der Waals surface area contributed by atoms with Crippen molar-refractivity contribution in [3.05, 3.63) is 17.5 Å². The molecule has 0 amide bonds. The molecule has 0 atom stereocenters. The summed E-state index contributed by atoms with van der Waals surface area (Å²) in [5.74, 6) is 0. The van der Waals surface area contributed by atoms with Crippen molar-refractivity contribution in [1.82, 2.24) is 20.4 Å². The van der Waals surface area contributed by atoms with Gasteiger partial charge in [-0.3, -0.25) is 4.68 Å². The number of hydrogen-bond acceptors (Lipinski definition) is 2. The lowest BCUT2D eigenvalue weighted by Crippen LogP contribution is -2.36. The molecular weight excluding hydrogens is 220 g/mol. The van der Waals surface area contributed by atoms with E-state index in [1.54, 1.807) is 0 Å².